The summed E-state index contributed by atoms with van der Waals surface area (Å²) < 4.78 is 1.89. The summed E-state index contributed by atoms with van der Waals surface area (Å²) >= 11 is 1.65. The average Bonchev–Trinajstić information content (AvgIpc) is 3.27. The van der Waals surface area contributed by atoms with Gasteiger partial charge in [0.1, 0.15) is 0 Å². The van der Waals surface area contributed by atoms with Gasteiger partial charge in [-0.3, -0.25) is 4.79 Å². The fourth-order valence-electron chi connectivity index (χ4n) is 2.72. The molecule has 0 fully saturated rings. The number of hydrogen-bond donors (Lipinski definition) is 2. The Hall–Kier alpha value is -3.12. The van der Waals surface area contributed by atoms with Crippen LogP contribution in [0.15, 0.2) is 60.2 Å². The molecule has 6 heteroatoms. The number of nitrogens with one attached hydrogen (secondary N) is 1. The highest BCUT2D eigenvalue weighted by Gasteiger charge is 2.11. The Bertz CT molecular complexity index is 1070. The molecule has 0 aliphatic rings. The van der Waals surface area contributed by atoms with Gasteiger partial charge in [-0.1, -0.05) is 12.1 Å². The lowest BCUT2D eigenvalue weighted by Crippen LogP contribution is -2.13. The molecular formula is C19H16N4OS. The van der Waals surface area contributed by atoms with Gasteiger partial charge in [-0.15, -0.1) is 11.3 Å². The molecular weight excluding hydrogens is 332 g/mol. The Morgan fingerprint density at radius 3 is 2.88 bits per heavy atom. The summed E-state index contributed by atoms with van der Waals surface area (Å²) in [5.41, 5.74) is 10.6. The number of hydrogen-bond acceptors (Lipinski definition) is 4. The molecule has 0 aliphatic heterocycles. The molecule has 4 aromatic rings. The van der Waals surface area contributed by atoms with Crippen molar-refractivity contribution in [3.8, 4) is 10.4 Å². The maximum absolute atomic E-state index is 12.6. The van der Waals surface area contributed by atoms with E-state index in [0.29, 0.717) is 16.9 Å². The topological polar surface area (TPSA) is 72.9 Å². The second-order valence-corrected chi connectivity index (χ2v) is 6.74. The Morgan fingerprint density at radius 2 is 2.08 bits per heavy atom. The first kappa shape index (κ1) is 15.4. The van der Waals surface area contributed by atoms with Crippen molar-refractivity contribution in [3.63, 3.8) is 0 Å². The van der Waals surface area contributed by atoms with Gasteiger partial charge in [-0.25, -0.2) is 4.98 Å². The number of amides is 1. The summed E-state index contributed by atoms with van der Waals surface area (Å²) in [6.45, 7) is 0. The number of nitrogens with zero attached hydrogens (tertiary/aromatic N) is 2. The molecule has 3 N–H and O–H groups in total. The number of aryl methyl sites for hydroxylation is 1. The first-order chi connectivity index (χ1) is 12.1. The molecule has 25 heavy (non-hydrogen) atoms. The minimum absolute atomic E-state index is 0.196. The summed E-state index contributed by atoms with van der Waals surface area (Å²) in [4.78, 5) is 18.0. The summed E-state index contributed by atoms with van der Waals surface area (Å²) in [6.07, 6.45) is 1.73. The van der Waals surface area contributed by atoms with Gasteiger partial charge in [0.2, 0.25) is 0 Å². The van der Waals surface area contributed by atoms with Crippen LogP contribution in [0, 0.1) is 0 Å². The number of aromatic nitrogens is 2. The van der Waals surface area contributed by atoms with Crippen LogP contribution in [0.1, 0.15) is 10.4 Å². The number of thiophene rings is 1. The number of anilines is 2. The van der Waals surface area contributed by atoms with E-state index in [1.54, 1.807) is 23.7 Å². The quantitative estimate of drug-likeness (QED) is 0.547. The maximum Gasteiger partial charge on any atom is 0.255 e. The number of nitrogens with two attached hydrogens (primary N) is 1. The Kier molecular flexibility index (Phi) is 3.74. The third kappa shape index (κ3) is 2.88. The van der Waals surface area contributed by atoms with E-state index in [0.717, 1.165) is 21.5 Å². The smallest absolute Gasteiger partial charge is 0.255 e. The molecule has 0 atom stereocenters. The number of nitrogen functional groups attached to an aromatic ring is 1. The van der Waals surface area contributed by atoms with Crippen LogP contribution >= 0.6 is 11.3 Å². The fourth-order valence-corrected chi connectivity index (χ4v) is 3.45. The van der Waals surface area contributed by atoms with Gasteiger partial charge in [-0.2, -0.15) is 0 Å². The molecule has 0 saturated heterocycles. The molecule has 0 aliphatic carbocycles. The van der Waals surface area contributed by atoms with Crippen molar-refractivity contribution >= 4 is 39.7 Å². The number of carbonyl (C=O) groups is 1. The van der Waals surface area contributed by atoms with E-state index in [-0.39, 0.29) is 5.91 Å². The SMILES string of the molecule is Cn1cnc2ccc(C(=O)Nc3cc(-c4cccs4)ccc3N)cc21. The molecule has 5 nitrogen and oxygen atoms in total. The van der Waals surface area contributed by atoms with Crippen LogP contribution in [-0.2, 0) is 7.05 Å². The summed E-state index contributed by atoms with van der Waals surface area (Å²) in [5.74, 6) is -0.196. The predicted molar refractivity (Wildman–Crippen MR) is 103 cm³/mol. The number of fused-ring (bicyclic) bond motifs is 1. The van der Waals surface area contributed by atoms with E-state index >= 15 is 0 Å². The van der Waals surface area contributed by atoms with Crippen molar-refractivity contribution < 1.29 is 4.79 Å². The minimum Gasteiger partial charge on any atom is -0.397 e. The largest absolute Gasteiger partial charge is 0.397 e. The normalized spacial score (nSPS) is 10.9. The highest BCUT2D eigenvalue weighted by molar-refractivity contribution is 7.13. The summed E-state index contributed by atoms with van der Waals surface area (Å²) in [5, 5.41) is 4.94. The van der Waals surface area contributed by atoms with Gasteiger partial charge in [0.15, 0.2) is 0 Å². The third-order valence-electron chi connectivity index (χ3n) is 4.09. The van der Waals surface area contributed by atoms with E-state index in [2.05, 4.69) is 10.3 Å². The number of imidazole rings is 1. The number of benzene rings is 2. The van der Waals surface area contributed by atoms with E-state index in [4.69, 9.17) is 5.73 Å². The van der Waals surface area contributed by atoms with Crippen LogP contribution in [0.4, 0.5) is 11.4 Å². The Balaban J connectivity index is 1.65. The fraction of sp³-hybridized carbons (Fsp3) is 0.0526. The Labute approximate surface area is 148 Å². The first-order valence-corrected chi connectivity index (χ1v) is 8.65. The number of rotatable bonds is 3. The van der Waals surface area contributed by atoms with E-state index in [9.17, 15) is 4.79 Å². The van der Waals surface area contributed by atoms with Crippen molar-refractivity contribution in [1.29, 1.82) is 0 Å². The van der Waals surface area contributed by atoms with Crippen molar-refractivity contribution in [2.75, 3.05) is 11.1 Å². The lowest BCUT2D eigenvalue weighted by atomic mass is 10.1. The zero-order chi connectivity index (χ0) is 17.4. The summed E-state index contributed by atoms with van der Waals surface area (Å²) in [7, 11) is 1.90. The van der Waals surface area contributed by atoms with Crippen LogP contribution in [0.3, 0.4) is 0 Å². The molecule has 1 amide bonds. The van der Waals surface area contributed by atoms with Gasteiger partial charge in [0.25, 0.3) is 5.91 Å². The van der Waals surface area contributed by atoms with Gasteiger partial charge in [0.05, 0.1) is 28.7 Å². The average molecular weight is 348 g/mol. The van der Waals surface area contributed by atoms with Crippen LogP contribution in [0.5, 0.6) is 0 Å². The van der Waals surface area contributed by atoms with Gasteiger partial charge >= 0.3 is 0 Å². The van der Waals surface area contributed by atoms with Gasteiger partial charge < -0.3 is 15.6 Å². The molecule has 0 bridgehead atoms. The minimum atomic E-state index is -0.196. The second kappa shape index (κ2) is 6.07. The molecule has 124 valence electrons. The molecule has 2 aromatic heterocycles. The van der Waals surface area contributed by atoms with Crippen LogP contribution in [-0.4, -0.2) is 15.5 Å². The maximum atomic E-state index is 12.6. The second-order valence-electron chi connectivity index (χ2n) is 5.79. The molecule has 4 rings (SSSR count). The van der Waals surface area contributed by atoms with Gasteiger partial charge in [-0.05, 0) is 47.3 Å². The first-order valence-electron chi connectivity index (χ1n) is 7.77. The van der Waals surface area contributed by atoms with Crippen molar-refractivity contribution in [2.45, 2.75) is 0 Å². The van der Waals surface area contributed by atoms with Crippen LogP contribution in [0.2, 0.25) is 0 Å². The number of carbonyl (C=O) groups excluding carboxylic acids is 1. The highest BCUT2D eigenvalue weighted by Crippen LogP contribution is 2.30. The zero-order valence-corrected chi connectivity index (χ0v) is 14.4. The third-order valence-corrected chi connectivity index (χ3v) is 5.01. The Morgan fingerprint density at radius 1 is 1.20 bits per heavy atom. The molecule has 0 spiro atoms. The molecule has 0 saturated carbocycles. The van der Waals surface area contributed by atoms with E-state index < -0.39 is 0 Å². The van der Waals surface area contributed by atoms with Crippen LogP contribution in [0.25, 0.3) is 21.5 Å². The zero-order valence-electron chi connectivity index (χ0n) is 13.6. The van der Waals surface area contributed by atoms with Crippen LogP contribution < -0.4 is 11.1 Å². The monoisotopic (exact) mass is 348 g/mol. The van der Waals surface area contributed by atoms with Crippen molar-refractivity contribution in [1.82, 2.24) is 9.55 Å². The van der Waals surface area contributed by atoms with E-state index in [1.165, 1.54) is 0 Å². The van der Waals surface area contributed by atoms with E-state index in [1.807, 2.05) is 59.5 Å². The molecule has 2 heterocycles. The molecule has 0 radical (unpaired) electrons. The lowest BCUT2D eigenvalue weighted by Gasteiger charge is -2.10. The predicted octanol–water partition coefficient (Wildman–Crippen LogP) is 4.14. The lowest BCUT2D eigenvalue weighted by molar-refractivity contribution is 0.102. The molecule has 0 unspecified atom stereocenters. The standard InChI is InChI=1S/C19H16N4OS/c1-23-11-21-15-7-5-13(10-17(15)23)19(24)22-16-9-12(4-6-14(16)20)18-3-2-8-25-18/h2-11H,20H2,1H3,(H,22,24). The van der Waals surface area contributed by atoms with Gasteiger partial charge in [0, 0.05) is 17.5 Å². The molecule has 2 aromatic carbocycles. The van der Waals surface area contributed by atoms with Crippen molar-refractivity contribution in [2.24, 2.45) is 7.05 Å². The summed E-state index contributed by atoms with van der Waals surface area (Å²) in [6, 6.07) is 15.2. The highest BCUT2D eigenvalue weighted by atomic mass is 32.1. The van der Waals surface area contributed by atoms with Crippen molar-refractivity contribution in [3.05, 3.63) is 65.8 Å².